The van der Waals surface area contributed by atoms with Crippen LogP contribution in [0.15, 0.2) is 81.6 Å². The molecule has 0 saturated carbocycles. The van der Waals surface area contributed by atoms with Gasteiger partial charge in [0.25, 0.3) is 15.7 Å². The number of rotatable bonds is 9. The number of nitrogens with zero attached hydrogens (tertiary/aromatic N) is 2. The molecule has 0 radical (unpaired) electrons. The number of hydrogen-bond donors (Lipinski definition) is 1. The smallest absolute Gasteiger partial charge is 0.346 e. The van der Waals surface area contributed by atoms with E-state index in [9.17, 15) is 26.9 Å². The maximum absolute atomic E-state index is 12.6. The molecule has 3 aromatic carbocycles. The number of para-hydroxylation sites is 1. The maximum atomic E-state index is 12.6. The molecule has 0 atom stereocenters. The molecular formula is C21H19N3O8S2. The molecule has 0 fully saturated rings. The number of methoxy groups -OCH3 is 1. The van der Waals surface area contributed by atoms with E-state index in [1.54, 1.807) is 12.1 Å². The van der Waals surface area contributed by atoms with Crippen molar-refractivity contribution in [3.05, 3.63) is 88.0 Å². The molecule has 0 aliphatic carbocycles. The van der Waals surface area contributed by atoms with E-state index in [0.29, 0.717) is 5.56 Å². The summed E-state index contributed by atoms with van der Waals surface area (Å²) in [7, 11) is -7.16. The van der Waals surface area contributed by atoms with Gasteiger partial charge in [-0.15, -0.1) is 0 Å². The van der Waals surface area contributed by atoms with Gasteiger partial charge in [0.1, 0.15) is 0 Å². The van der Waals surface area contributed by atoms with Gasteiger partial charge in [-0.2, -0.15) is 21.9 Å². The molecule has 0 aromatic heterocycles. The molecule has 3 rings (SSSR count). The Labute approximate surface area is 196 Å². The Bertz CT molecular complexity index is 1450. The molecule has 13 heteroatoms. The fourth-order valence-corrected chi connectivity index (χ4v) is 4.66. The highest BCUT2D eigenvalue weighted by Crippen LogP contribution is 2.32. The Balaban J connectivity index is 1.81. The molecule has 3 aromatic rings. The average molecular weight is 506 g/mol. The molecule has 0 spiro atoms. The van der Waals surface area contributed by atoms with Gasteiger partial charge in [0.15, 0.2) is 16.4 Å². The van der Waals surface area contributed by atoms with Crippen molar-refractivity contribution in [1.29, 1.82) is 0 Å². The first-order chi connectivity index (χ1) is 16.0. The number of ether oxygens (including phenoxy) is 1. The van der Waals surface area contributed by atoms with Crippen molar-refractivity contribution in [2.24, 2.45) is 5.10 Å². The Morgan fingerprint density at radius 2 is 1.65 bits per heavy atom. The summed E-state index contributed by atoms with van der Waals surface area (Å²) in [5, 5.41) is 14.9. The Kier molecular flexibility index (Phi) is 7.17. The fraction of sp³-hybridized carbons (Fsp3) is 0.0952. The van der Waals surface area contributed by atoms with Crippen LogP contribution >= 0.6 is 0 Å². The van der Waals surface area contributed by atoms with Crippen LogP contribution < -0.4 is 13.8 Å². The van der Waals surface area contributed by atoms with Gasteiger partial charge in [-0.1, -0.05) is 29.8 Å². The number of hydrazone groups is 1. The van der Waals surface area contributed by atoms with E-state index in [2.05, 4.69) is 9.93 Å². The second kappa shape index (κ2) is 9.89. The lowest BCUT2D eigenvalue weighted by molar-refractivity contribution is -0.387. The molecule has 1 N–H and O–H groups in total. The number of nitro groups is 1. The first kappa shape index (κ1) is 24.7. The van der Waals surface area contributed by atoms with Gasteiger partial charge in [-0.05, 0) is 48.9 Å². The topological polar surface area (TPSA) is 154 Å². The second-order valence-corrected chi connectivity index (χ2v) is 10.0. The number of nitro benzene ring substituents is 1. The summed E-state index contributed by atoms with van der Waals surface area (Å²) < 4.78 is 60.1. The first-order valence-electron chi connectivity index (χ1n) is 9.51. The molecular weight excluding hydrogens is 486 g/mol. The minimum atomic E-state index is -4.55. The standard InChI is InChI=1S/C21H19N3O8S2/c1-15-7-10-17(11-8-15)33(27,28)23-22-14-16-9-12-19(20(13-16)31-2)32-34(29,30)21-6-4-3-5-18(21)24(25)26/h3-14,23H,1-2H3/b22-14-. The second-order valence-electron chi connectivity index (χ2n) is 6.84. The summed E-state index contributed by atoms with van der Waals surface area (Å²) in [5.74, 6) is -0.245. The van der Waals surface area contributed by atoms with Crippen molar-refractivity contribution in [2.45, 2.75) is 16.7 Å². The first-order valence-corrected chi connectivity index (χ1v) is 12.4. The summed E-state index contributed by atoms with van der Waals surface area (Å²) in [6.07, 6.45) is 1.19. The Morgan fingerprint density at radius 1 is 0.971 bits per heavy atom. The van der Waals surface area contributed by atoms with Crippen LogP contribution in [0.25, 0.3) is 0 Å². The zero-order valence-electron chi connectivity index (χ0n) is 17.9. The number of benzene rings is 3. The lowest BCUT2D eigenvalue weighted by Gasteiger charge is -2.11. The molecule has 0 aliphatic rings. The molecule has 0 unspecified atom stereocenters. The van der Waals surface area contributed by atoms with E-state index in [1.165, 1.54) is 55.8 Å². The van der Waals surface area contributed by atoms with E-state index in [-0.39, 0.29) is 16.4 Å². The number of hydrogen-bond acceptors (Lipinski definition) is 9. The monoisotopic (exact) mass is 505 g/mol. The normalized spacial score (nSPS) is 11.8. The van der Waals surface area contributed by atoms with Crippen LogP contribution in [0.4, 0.5) is 5.69 Å². The summed E-state index contributed by atoms with van der Waals surface area (Å²) >= 11 is 0. The highest BCUT2D eigenvalue weighted by atomic mass is 32.2. The number of aryl methyl sites for hydroxylation is 1. The lowest BCUT2D eigenvalue weighted by Crippen LogP contribution is -2.18. The highest BCUT2D eigenvalue weighted by Gasteiger charge is 2.28. The van der Waals surface area contributed by atoms with Crippen molar-refractivity contribution >= 4 is 32.0 Å². The van der Waals surface area contributed by atoms with Crippen LogP contribution in [0.5, 0.6) is 11.5 Å². The maximum Gasteiger partial charge on any atom is 0.346 e. The minimum absolute atomic E-state index is 0.0208. The van der Waals surface area contributed by atoms with Crippen LogP contribution in [-0.2, 0) is 20.1 Å². The van der Waals surface area contributed by atoms with Crippen molar-refractivity contribution < 1.29 is 30.7 Å². The van der Waals surface area contributed by atoms with Crippen molar-refractivity contribution in [3.63, 3.8) is 0 Å². The van der Waals surface area contributed by atoms with Crippen LogP contribution in [0.1, 0.15) is 11.1 Å². The molecule has 0 aliphatic heterocycles. The van der Waals surface area contributed by atoms with E-state index in [0.717, 1.165) is 17.7 Å². The third kappa shape index (κ3) is 5.68. The molecule has 34 heavy (non-hydrogen) atoms. The van der Waals surface area contributed by atoms with E-state index in [1.807, 2.05) is 6.92 Å². The Morgan fingerprint density at radius 3 is 2.29 bits per heavy atom. The largest absolute Gasteiger partial charge is 0.493 e. The van der Waals surface area contributed by atoms with Gasteiger partial charge < -0.3 is 8.92 Å². The van der Waals surface area contributed by atoms with Crippen molar-refractivity contribution in [2.75, 3.05) is 7.11 Å². The zero-order valence-corrected chi connectivity index (χ0v) is 19.5. The summed E-state index contributed by atoms with van der Waals surface area (Å²) in [5.41, 5.74) is 0.630. The van der Waals surface area contributed by atoms with Crippen LogP contribution in [0, 0.1) is 17.0 Å². The third-order valence-corrected chi connectivity index (χ3v) is 6.96. The van der Waals surface area contributed by atoms with Gasteiger partial charge in [0.05, 0.1) is 23.1 Å². The summed E-state index contributed by atoms with van der Waals surface area (Å²) in [6.45, 7) is 1.83. The van der Waals surface area contributed by atoms with Gasteiger partial charge in [0.2, 0.25) is 0 Å². The molecule has 11 nitrogen and oxygen atoms in total. The predicted octanol–water partition coefficient (Wildman–Crippen LogP) is 2.99. The predicted molar refractivity (Wildman–Crippen MR) is 123 cm³/mol. The molecule has 178 valence electrons. The zero-order chi connectivity index (χ0) is 24.9. The minimum Gasteiger partial charge on any atom is -0.493 e. The van der Waals surface area contributed by atoms with E-state index in [4.69, 9.17) is 8.92 Å². The number of sulfonamides is 1. The van der Waals surface area contributed by atoms with Gasteiger partial charge in [-0.25, -0.2) is 4.83 Å². The van der Waals surface area contributed by atoms with Gasteiger partial charge in [-0.3, -0.25) is 10.1 Å². The van der Waals surface area contributed by atoms with E-state index >= 15 is 0 Å². The summed E-state index contributed by atoms with van der Waals surface area (Å²) in [6, 6.07) is 15.0. The van der Waals surface area contributed by atoms with Crippen molar-refractivity contribution in [1.82, 2.24) is 4.83 Å². The van der Waals surface area contributed by atoms with Crippen LogP contribution in [0.2, 0.25) is 0 Å². The molecule has 0 amide bonds. The molecule has 0 bridgehead atoms. The molecule has 0 heterocycles. The van der Waals surface area contributed by atoms with E-state index < -0.39 is 35.6 Å². The lowest BCUT2D eigenvalue weighted by atomic mass is 10.2. The average Bonchev–Trinajstić information content (AvgIpc) is 2.80. The fourth-order valence-electron chi connectivity index (χ4n) is 2.76. The quantitative estimate of drug-likeness (QED) is 0.201. The van der Waals surface area contributed by atoms with Crippen LogP contribution in [0.3, 0.4) is 0 Å². The van der Waals surface area contributed by atoms with Crippen molar-refractivity contribution in [3.8, 4) is 11.5 Å². The molecule has 0 saturated heterocycles. The third-order valence-electron chi connectivity index (χ3n) is 4.44. The summed E-state index contributed by atoms with van der Waals surface area (Å²) in [4.78, 5) is 11.8. The SMILES string of the molecule is COc1cc(/C=N\NS(=O)(=O)c2ccc(C)cc2)ccc1OS(=O)(=O)c1ccccc1[N+](=O)[O-]. The van der Waals surface area contributed by atoms with Crippen LogP contribution in [-0.4, -0.2) is 35.1 Å². The highest BCUT2D eigenvalue weighted by molar-refractivity contribution is 7.89. The number of nitrogens with one attached hydrogen (secondary N) is 1. The van der Waals surface area contributed by atoms with Gasteiger partial charge in [0, 0.05) is 6.07 Å². The Hall–Kier alpha value is -3.97. The van der Waals surface area contributed by atoms with Gasteiger partial charge >= 0.3 is 10.1 Å².